The second-order valence-electron chi connectivity index (χ2n) is 4.11. The van der Waals surface area contributed by atoms with Crippen molar-refractivity contribution in [3.8, 4) is 11.3 Å². The van der Waals surface area contributed by atoms with Crippen LogP contribution in [0.1, 0.15) is 5.56 Å². The average Bonchev–Trinajstić information content (AvgIpc) is 2.72. The summed E-state index contributed by atoms with van der Waals surface area (Å²) in [5.74, 6) is 0. The molecule has 0 unspecified atom stereocenters. The predicted molar refractivity (Wildman–Crippen MR) is 70.4 cm³/mol. The van der Waals surface area contributed by atoms with Crippen molar-refractivity contribution in [2.45, 2.75) is 6.92 Å². The lowest BCUT2D eigenvalue weighted by molar-refractivity contribution is 1.17. The Balaban J connectivity index is 2.18. The van der Waals surface area contributed by atoms with E-state index in [0.29, 0.717) is 0 Å². The van der Waals surface area contributed by atoms with Gasteiger partial charge in [-0.1, -0.05) is 23.7 Å². The Labute approximate surface area is 104 Å². The molecule has 0 aliphatic heterocycles. The number of benzene rings is 1. The number of rotatable bonds is 1. The van der Waals surface area contributed by atoms with Crippen LogP contribution in [-0.4, -0.2) is 9.38 Å². The SMILES string of the molecule is Cc1ccn2cc(-c3cccc(Cl)c3)nc2c1. The van der Waals surface area contributed by atoms with Crippen molar-refractivity contribution in [3.63, 3.8) is 0 Å². The van der Waals surface area contributed by atoms with Crippen LogP contribution in [0.5, 0.6) is 0 Å². The van der Waals surface area contributed by atoms with E-state index in [1.165, 1.54) is 5.56 Å². The van der Waals surface area contributed by atoms with Gasteiger partial charge in [0.05, 0.1) is 5.69 Å². The molecule has 0 bridgehead atoms. The monoisotopic (exact) mass is 242 g/mol. The lowest BCUT2D eigenvalue weighted by atomic mass is 10.2. The van der Waals surface area contributed by atoms with Gasteiger partial charge in [-0.25, -0.2) is 4.98 Å². The third-order valence-corrected chi connectivity index (χ3v) is 2.97. The fourth-order valence-corrected chi connectivity index (χ4v) is 2.06. The summed E-state index contributed by atoms with van der Waals surface area (Å²) in [6.45, 7) is 2.06. The normalized spacial score (nSPS) is 10.9. The number of imidazole rings is 1. The summed E-state index contributed by atoms with van der Waals surface area (Å²) in [6, 6.07) is 11.9. The van der Waals surface area contributed by atoms with Crippen molar-refractivity contribution in [2.24, 2.45) is 0 Å². The first-order valence-electron chi connectivity index (χ1n) is 5.44. The van der Waals surface area contributed by atoms with Crippen molar-refractivity contribution >= 4 is 17.2 Å². The van der Waals surface area contributed by atoms with E-state index < -0.39 is 0 Å². The zero-order chi connectivity index (χ0) is 11.8. The maximum atomic E-state index is 5.98. The van der Waals surface area contributed by atoms with Gasteiger partial charge in [-0.3, -0.25) is 0 Å². The Morgan fingerprint density at radius 2 is 2.06 bits per heavy atom. The second kappa shape index (κ2) is 3.90. The Morgan fingerprint density at radius 3 is 2.88 bits per heavy atom. The average molecular weight is 243 g/mol. The standard InChI is InChI=1S/C14H11ClN2/c1-10-5-6-17-9-13(16-14(17)7-10)11-3-2-4-12(15)8-11/h2-9H,1H3. The van der Waals surface area contributed by atoms with Gasteiger partial charge in [0, 0.05) is 23.0 Å². The number of halogens is 1. The lowest BCUT2D eigenvalue weighted by Gasteiger charge is -1.95. The predicted octanol–water partition coefficient (Wildman–Crippen LogP) is 3.96. The summed E-state index contributed by atoms with van der Waals surface area (Å²) in [5, 5.41) is 0.732. The van der Waals surface area contributed by atoms with Crippen LogP contribution < -0.4 is 0 Å². The van der Waals surface area contributed by atoms with Crippen LogP contribution >= 0.6 is 11.6 Å². The maximum Gasteiger partial charge on any atom is 0.137 e. The van der Waals surface area contributed by atoms with Crippen LogP contribution in [0, 0.1) is 6.92 Å². The summed E-state index contributed by atoms with van der Waals surface area (Å²) >= 11 is 5.98. The number of aryl methyl sites for hydroxylation is 1. The Morgan fingerprint density at radius 1 is 1.18 bits per heavy atom. The minimum absolute atomic E-state index is 0.732. The van der Waals surface area contributed by atoms with Crippen molar-refractivity contribution in [1.82, 2.24) is 9.38 Å². The molecular formula is C14H11ClN2. The molecule has 0 saturated heterocycles. The van der Waals surface area contributed by atoms with Crippen LogP contribution in [0.4, 0.5) is 0 Å². The van der Waals surface area contributed by atoms with E-state index in [-0.39, 0.29) is 0 Å². The molecule has 2 aromatic heterocycles. The number of aromatic nitrogens is 2. The molecule has 0 fully saturated rings. The summed E-state index contributed by atoms with van der Waals surface area (Å²) in [4.78, 5) is 4.59. The number of pyridine rings is 1. The number of hydrogen-bond donors (Lipinski definition) is 0. The summed E-state index contributed by atoms with van der Waals surface area (Å²) in [7, 11) is 0. The van der Waals surface area contributed by atoms with Crippen molar-refractivity contribution in [1.29, 1.82) is 0 Å². The van der Waals surface area contributed by atoms with Gasteiger partial charge in [0.15, 0.2) is 0 Å². The summed E-state index contributed by atoms with van der Waals surface area (Å²) in [6.07, 6.45) is 4.03. The van der Waals surface area contributed by atoms with E-state index in [2.05, 4.69) is 24.0 Å². The molecule has 3 aromatic rings. The number of hydrogen-bond acceptors (Lipinski definition) is 1. The van der Waals surface area contributed by atoms with Gasteiger partial charge in [-0.15, -0.1) is 0 Å². The van der Waals surface area contributed by atoms with Crippen LogP contribution in [-0.2, 0) is 0 Å². The highest BCUT2D eigenvalue weighted by Gasteiger charge is 2.04. The van der Waals surface area contributed by atoms with E-state index in [4.69, 9.17) is 11.6 Å². The van der Waals surface area contributed by atoms with E-state index in [9.17, 15) is 0 Å². The van der Waals surface area contributed by atoms with Gasteiger partial charge in [-0.05, 0) is 36.8 Å². The third-order valence-electron chi connectivity index (χ3n) is 2.74. The smallest absolute Gasteiger partial charge is 0.137 e. The van der Waals surface area contributed by atoms with Crippen molar-refractivity contribution in [3.05, 3.63) is 59.4 Å². The highest BCUT2D eigenvalue weighted by atomic mass is 35.5. The van der Waals surface area contributed by atoms with Crippen molar-refractivity contribution < 1.29 is 0 Å². The van der Waals surface area contributed by atoms with Crippen LogP contribution in [0.25, 0.3) is 16.9 Å². The van der Waals surface area contributed by atoms with Crippen LogP contribution in [0.15, 0.2) is 48.8 Å². The molecule has 0 spiro atoms. The van der Waals surface area contributed by atoms with Crippen molar-refractivity contribution in [2.75, 3.05) is 0 Å². The molecule has 2 heterocycles. The molecule has 0 saturated carbocycles. The Kier molecular flexibility index (Phi) is 2.37. The molecule has 3 heteroatoms. The number of nitrogens with zero attached hydrogens (tertiary/aromatic N) is 2. The first-order valence-corrected chi connectivity index (χ1v) is 5.81. The highest BCUT2D eigenvalue weighted by Crippen LogP contribution is 2.22. The second-order valence-corrected chi connectivity index (χ2v) is 4.54. The summed E-state index contributed by atoms with van der Waals surface area (Å²) in [5.41, 5.74) is 4.15. The summed E-state index contributed by atoms with van der Waals surface area (Å²) < 4.78 is 2.02. The topological polar surface area (TPSA) is 17.3 Å². The first kappa shape index (κ1) is 10.4. The first-order chi connectivity index (χ1) is 8.22. The Bertz CT molecular complexity index is 686. The zero-order valence-electron chi connectivity index (χ0n) is 9.39. The quantitative estimate of drug-likeness (QED) is 0.631. The Hall–Kier alpha value is -1.80. The molecule has 84 valence electrons. The minimum Gasteiger partial charge on any atom is -0.306 e. The van der Waals surface area contributed by atoms with Gasteiger partial charge in [0.2, 0.25) is 0 Å². The molecule has 0 radical (unpaired) electrons. The van der Waals surface area contributed by atoms with Gasteiger partial charge in [0.1, 0.15) is 5.65 Å². The van der Waals surface area contributed by atoms with E-state index in [1.54, 1.807) is 0 Å². The van der Waals surface area contributed by atoms with Crippen LogP contribution in [0.2, 0.25) is 5.02 Å². The molecule has 0 atom stereocenters. The number of fused-ring (bicyclic) bond motifs is 1. The molecule has 2 nitrogen and oxygen atoms in total. The fourth-order valence-electron chi connectivity index (χ4n) is 1.87. The van der Waals surface area contributed by atoms with Gasteiger partial charge in [-0.2, -0.15) is 0 Å². The fraction of sp³-hybridized carbons (Fsp3) is 0.0714. The molecule has 0 amide bonds. The van der Waals surface area contributed by atoms with E-state index in [0.717, 1.165) is 21.9 Å². The zero-order valence-corrected chi connectivity index (χ0v) is 10.1. The highest BCUT2D eigenvalue weighted by molar-refractivity contribution is 6.30. The molecule has 0 aliphatic carbocycles. The third kappa shape index (κ3) is 1.92. The molecular weight excluding hydrogens is 232 g/mol. The van der Waals surface area contributed by atoms with E-state index in [1.807, 2.05) is 41.1 Å². The lowest BCUT2D eigenvalue weighted by Crippen LogP contribution is -1.81. The largest absolute Gasteiger partial charge is 0.306 e. The molecule has 0 aliphatic rings. The molecule has 0 N–H and O–H groups in total. The molecule has 3 rings (SSSR count). The van der Waals surface area contributed by atoms with Crippen LogP contribution in [0.3, 0.4) is 0 Å². The minimum atomic E-state index is 0.732. The van der Waals surface area contributed by atoms with Gasteiger partial charge in [0.25, 0.3) is 0 Å². The van der Waals surface area contributed by atoms with Gasteiger partial charge >= 0.3 is 0 Å². The molecule has 1 aromatic carbocycles. The van der Waals surface area contributed by atoms with E-state index >= 15 is 0 Å². The van der Waals surface area contributed by atoms with Gasteiger partial charge < -0.3 is 4.40 Å². The maximum absolute atomic E-state index is 5.98. The molecule has 17 heavy (non-hydrogen) atoms.